The Morgan fingerprint density at radius 1 is 1.25 bits per heavy atom. The van der Waals surface area contributed by atoms with Crippen molar-refractivity contribution in [2.75, 3.05) is 24.3 Å². The molecule has 2 N–H and O–H groups in total. The van der Waals surface area contributed by atoms with E-state index in [0.29, 0.717) is 5.69 Å². The fourth-order valence-corrected chi connectivity index (χ4v) is 2.17. The van der Waals surface area contributed by atoms with Crippen molar-refractivity contribution < 1.29 is 4.74 Å². The van der Waals surface area contributed by atoms with E-state index < -0.39 is 0 Å². The highest BCUT2D eigenvalue weighted by Gasteiger charge is 2.09. The van der Waals surface area contributed by atoms with E-state index in [0.717, 1.165) is 35.9 Å². The third-order valence-electron chi connectivity index (χ3n) is 3.20. The Labute approximate surface area is 120 Å². The SMILES string of the molecule is CCN(Cc1cccc(C)n1)c1cc(N)cc(OC)c1. The van der Waals surface area contributed by atoms with Gasteiger partial charge in [0, 0.05) is 35.7 Å². The molecule has 4 heteroatoms. The molecule has 1 aromatic carbocycles. The molecule has 2 rings (SSSR count). The number of anilines is 2. The summed E-state index contributed by atoms with van der Waals surface area (Å²) in [4.78, 5) is 6.77. The van der Waals surface area contributed by atoms with E-state index in [1.807, 2.05) is 43.3 Å². The van der Waals surface area contributed by atoms with E-state index in [1.54, 1.807) is 7.11 Å². The first-order valence-electron chi connectivity index (χ1n) is 6.74. The molecular weight excluding hydrogens is 250 g/mol. The molecule has 20 heavy (non-hydrogen) atoms. The van der Waals surface area contributed by atoms with Gasteiger partial charge in [-0.1, -0.05) is 6.07 Å². The molecule has 4 nitrogen and oxygen atoms in total. The maximum atomic E-state index is 5.92. The van der Waals surface area contributed by atoms with Crippen LogP contribution in [0.4, 0.5) is 11.4 Å². The van der Waals surface area contributed by atoms with Crippen LogP contribution in [-0.4, -0.2) is 18.6 Å². The minimum atomic E-state index is 0.704. The maximum absolute atomic E-state index is 5.92. The molecule has 0 amide bonds. The quantitative estimate of drug-likeness (QED) is 0.849. The predicted octanol–water partition coefficient (Wildman–Crippen LogP) is 3.01. The number of methoxy groups -OCH3 is 1. The minimum absolute atomic E-state index is 0.704. The molecule has 0 fully saturated rings. The van der Waals surface area contributed by atoms with Gasteiger partial charge in [0.05, 0.1) is 19.3 Å². The van der Waals surface area contributed by atoms with Gasteiger partial charge < -0.3 is 15.4 Å². The number of hydrogen-bond donors (Lipinski definition) is 1. The molecular formula is C16H21N3O. The van der Waals surface area contributed by atoms with Gasteiger partial charge in [-0.15, -0.1) is 0 Å². The molecule has 106 valence electrons. The standard InChI is InChI=1S/C16H21N3O/c1-4-19(11-14-7-5-6-12(2)18-14)15-8-13(17)9-16(10-15)20-3/h5-10H,4,11,17H2,1-3H3. The van der Waals surface area contributed by atoms with Gasteiger partial charge in [-0.2, -0.15) is 0 Å². The number of nitrogens with two attached hydrogens (primary N) is 1. The molecule has 0 aliphatic rings. The lowest BCUT2D eigenvalue weighted by atomic mass is 10.2. The zero-order valence-corrected chi connectivity index (χ0v) is 12.3. The number of aryl methyl sites for hydroxylation is 1. The number of benzene rings is 1. The van der Waals surface area contributed by atoms with E-state index in [4.69, 9.17) is 10.5 Å². The van der Waals surface area contributed by atoms with Crippen LogP contribution in [-0.2, 0) is 6.54 Å². The summed E-state index contributed by atoms with van der Waals surface area (Å²) >= 11 is 0. The van der Waals surface area contributed by atoms with Gasteiger partial charge in [0.2, 0.25) is 0 Å². The molecule has 2 aromatic rings. The zero-order valence-electron chi connectivity index (χ0n) is 12.3. The second kappa shape index (κ2) is 6.28. The third-order valence-corrected chi connectivity index (χ3v) is 3.20. The van der Waals surface area contributed by atoms with Crippen molar-refractivity contribution in [3.8, 4) is 5.75 Å². The fourth-order valence-electron chi connectivity index (χ4n) is 2.17. The lowest BCUT2D eigenvalue weighted by Gasteiger charge is -2.23. The van der Waals surface area contributed by atoms with E-state index in [9.17, 15) is 0 Å². The highest BCUT2D eigenvalue weighted by Crippen LogP contribution is 2.26. The first-order chi connectivity index (χ1) is 9.62. The normalized spacial score (nSPS) is 10.3. The van der Waals surface area contributed by atoms with Crippen LogP contribution in [0.25, 0.3) is 0 Å². The molecule has 1 heterocycles. The Hall–Kier alpha value is -2.23. The number of pyridine rings is 1. The van der Waals surface area contributed by atoms with Crippen molar-refractivity contribution >= 4 is 11.4 Å². The van der Waals surface area contributed by atoms with Crippen LogP contribution in [0.5, 0.6) is 5.75 Å². The van der Waals surface area contributed by atoms with Gasteiger partial charge >= 0.3 is 0 Å². The Bertz CT molecular complexity index is 584. The summed E-state index contributed by atoms with van der Waals surface area (Å²) in [6, 6.07) is 11.9. The maximum Gasteiger partial charge on any atom is 0.122 e. The predicted molar refractivity (Wildman–Crippen MR) is 83.1 cm³/mol. The van der Waals surface area contributed by atoms with E-state index in [-0.39, 0.29) is 0 Å². The van der Waals surface area contributed by atoms with Crippen molar-refractivity contribution in [3.63, 3.8) is 0 Å². The first-order valence-corrected chi connectivity index (χ1v) is 6.74. The Balaban J connectivity index is 2.26. The summed E-state index contributed by atoms with van der Waals surface area (Å²) in [6.07, 6.45) is 0. The molecule has 0 spiro atoms. The third kappa shape index (κ3) is 3.41. The van der Waals surface area contributed by atoms with Crippen LogP contribution in [0.15, 0.2) is 36.4 Å². The van der Waals surface area contributed by atoms with Crippen molar-refractivity contribution in [2.24, 2.45) is 0 Å². The minimum Gasteiger partial charge on any atom is -0.497 e. The number of nitrogens with zero attached hydrogens (tertiary/aromatic N) is 2. The number of hydrogen-bond acceptors (Lipinski definition) is 4. The number of ether oxygens (including phenoxy) is 1. The lowest BCUT2D eigenvalue weighted by molar-refractivity contribution is 0.415. The van der Waals surface area contributed by atoms with Crippen molar-refractivity contribution in [1.29, 1.82) is 0 Å². The van der Waals surface area contributed by atoms with Crippen molar-refractivity contribution in [2.45, 2.75) is 20.4 Å². The summed E-state index contributed by atoms with van der Waals surface area (Å²) in [5, 5.41) is 0. The van der Waals surface area contributed by atoms with Crippen LogP contribution in [0.1, 0.15) is 18.3 Å². The molecule has 0 saturated carbocycles. The Kier molecular flexibility index (Phi) is 4.45. The molecule has 1 aromatic heterocycles. The molecule has 0 radical (unpaired) electrons. The van der Waals surface area contributed by atoms with Crippen LogP contribution >= 0.6 is 0 Å². The number of rotatable bonds is 5. The average Bonchev–Trinajstić information content (AvgIpc) is 2.44. The monoisotopic (exact) mass is 271 g/mol. The van der Waals surface area contributed by atoms with Gasteiger partial charge in [-0.3, -0.25) is 4.98 Å². The highest BCUT2D eigenvalue weighted by molar-refractivity contribution is 5.60. The summed E-state index contributed by atoms with van der Waals surface area (Å²) in [7, 11) is 1.65. The zero-order chi connectivity index (χ0) is 14.5. The van der Waals surface area contributed by atoms with E-state index in [2.05, 4.69) is 16.8 Å². The van der Waals surface area contributed by atoms with Gasteiger partial charge in [0.15, 0.2) is 0 Å². The van der Waals surface area contributed by atoms with Crippen LogP contribution in [0.3, 0.4) is 0 Å². The highest BCUT2D eigenvalue weighted by atomic mass is 16.5. The molecule has 0 unspecified atom stereocenters. The van der Waals surface area contributed by atoms with Crippen LogP contribution in [0, 0.1) is 6.92 Å². The number of aromatic nitrogens is 1. The van der Waals surface area contributed by atoms with Crippen LogP contribution in [0.2, 0.25) is 0 Å². The average molecular weight is 271 g/mol. The lowest BCUT2D eigenvalue weighted by Crippen LogP contribution is -2.22. The summed E-state index contributed by atoms with van der Waals surface area (Å²) < 4.78 is 5.28. The van der Waals surface area contributed by atoms with Crippen molar-refractivity contribution in [1.82, 2.24) is 4.98 Å². The largest absolute Gasteiger partial charge is 0.497 e. The van der Waals surface area contributed by atoms with E-state index >= 15 is 0 Å². The van der Waals surface area contributed by atoms with Gasteiger partial charge in [0.25, 0.3) is 0 Å². The topological polar surface area (TPSA) is 51.4 Å². The number of nitrogen functional groups attached to an aromatic ring is 1. The van der Waals surface area contributed by atoms with Gasteiger partial charge in [0.1, 0.15) is 5.75 Å². The summed E-state index contributed by atoms with van der Waals surface area (Å²) in [6.45, 7) is 5.75. The van der Waals surface area contributed by atoms with Gasteiger partial charge in [-0.25, -0.2) is 0 Å². The second-order valence-corrected chi connectivity index (χ2v) is 4.75. The Morgan fingerprint density at radius 3 is 2.70 bits per heavy atom. The van der Waals surface area contributed by atoms with Crippen molar-refractivity contribution in [3.05, 3.63) is 47.8 Å². The second-order valence-electron chi connectivity index (χ2n) is 4.75. The van der Waals surface area contributed by atoms with Crippen LogP contribution < -0.4 is 15.4 Å². The molecule has 0 aliphatic carbocycles. The molecule has 0 atom stereocenters. The summed E-state index contributed by atoms with van der Waals surface area (Å²) in [5.74, 6) is 0.774. The molecule has 0 bridgehead atoms. The van der Waals surface area contributed by atoms with Gasteiger partial charge in [-0.05, 0) is 32.0 Å². The summed E-state index contributed by atoms with van der Waals surface area (Å²) in [5.41, 5.74) is 9.76. The fraction of sp³-hybridized carbons (Fsp3) is 0.312. The molecule has 0 saturated heterocycles. The first kappa shape index (κ1) is 14.2. The van der Waals surface area contributed by atoms with E-state index in [1.165, 1.54) is 0 Å². The smallest absolute Gasteiger partial charge is 0.122 e. The molecule has 0 aliphatic heterocycles. The Morgan fingerprint density at radius 2 is 2.05 bits per heavy atom.